The molecule has 0 heterocycles. The minimum absolute atomic E-state index is 0. The number of carbonyl (C=O) groups excluding carboxylic acids is 1. The topological polar surface area (TPSA) is 55.1 Å². The minimum Gasteiger partial charge on any atom is -0.355 e. The van der Waals surface area contributed by atoms with E-state index in [4.69, 9.17) is 5.73 Å². The van der Waals surface area contributed by atoms with Crippen molar-refractivity contribution >= 4 is 40.9 Å². The first-order valence-corrected chi connectivity index (χ1v) is 7.01. The Kier molecular flexibility index (Phi) is 10.4. The number of hydrogen-bond donors (Lipinski definition) is 2. The van der Waals surface area contributed by atoms with Crippen molar-refractivity contribution in [3.63, 3.8) is 0 Å². The average Bonchev–Trinajstić information content (AvgIpc) is 2.34. The van der Waals surface area contributed by atoms with Gasteiger partial charge in [-0.1, -0.05) is 12.1 Å². The molecule has 3 N–H and O–H groups in total. The SMILES string of the molecule is Cl.NCCNC(=O)CCCCc1ccc(I)cc1. The second kappa shape index (κ2) is 10.6. The van der Waals surface area contributed by atoms with Crippen molar-refractivity contribution in [3.8, 4) is 0 Å². The zero-order valence-electron chi connectivity index (χ0n) is 10.3. The van der Waals surface area contributed by atoms with Crippen molar-refractivity contribution in [1.82, 2.24) is 5.32 Å². The van der Waals surface area contributed by atoms with E-state index in [1.54, 1.807) is 0 Å². The number of carbonyl (C=O) groups is 1. The standard InChI is InChI=1S/C13H19IN2O.ClH/c14-12-7-5-11(6-8-12)3-1-2-4-13(17)16-10-9-15;/h5-8H,1-4,9-10,15H2,(H,16,17);1H. The Morgan fingerprint density at radius 3 is 2.50 bits per heavy atom. The Bertz CT molecular complexity index is 343. The van der Waals surface area contributed by atoms with Gasteiger partial charge in [-0.05, 0) is 59.5 Å². The van der Waals surface area contributed by atoms with Crippen LogP contribution in [0, 0.1) is 3.57 Å². The second-order valence-corrected chi connectivity index (χ2v) is 5.22. The first kappa shape index (κ1) is 17.7. The van der Waals surface area contributed by atoms with Gasteiger partial charge in [0.2, 0.25) is 5.91 Å². The number of benzene rings is 1. The summed E-state index contributed by atoms with van der Waals surface area (Å²) >= 11 is 2.30. The number of amides is 1. The van der Waals surface area contributed by atoms with Gasteiger partial charge in [0, 0.05) is 23.1 Å². The molecule has 0 spiro atoms. The van der Waals surface area contributed by atoms with Crippen molar-refractivity contribution in [1.29, 1.82) is 0 Å². The van der Waals surface area contributed by atoms with Crippen molar-refractivity contribution in [2.75, 3.05) is 13.1 Å². The first-order valence-electron chi connectivity index (χ1n) is 5.93. The molecule has 0 fully saturated rings. The van der Waals surface area contributed by atoms with Gasteiger partial charge in [0.25, 0.3) is 0 Å². The van der Waals surface area contributed by atoms with E-state index in [1.165, 1.54) is 9.13 Å². The molecule has 1 aromatic rings. The summed E-state index contributed by atoms with van der Waals surface area (Å²) < 4.78 is 1.26. The second-order valence-electron chi connectivity index (χ2n) is 3.97. The highest BCUT2D eigenvalue weighted by atomic mass is 127. The quantitative estimate of drug-likeness (QED) is 0.562. The van der Waals surface area contributed by atoms with E-state index >= 15 is 0 Å². The molecule has 3 nitrogen and oxygen atoms in total. The molecule has 0 aromatic heterocycles. The highest BCUT2D eigenvalue weighted by Gasteiger charge is 2.00. The molecule has 0 aliphatic carbocycles. The fourth-order valence-electron chi connectivity index (χ4n) is 1.57. The molecule has 1 rings (SSSR count). The molecule has 0 radical (unpaired) electrons. The maximum absolute atomic E-state index is 11.3. The van der Waals surface area contributed by atoms with Gasteiger partial charge in [-0.3, -0.25) is 4.79 Å². The highest BCUT2D eigenvalue weighted by Crippen LogP contribution is 2.10. The van der Waals surface area contributed by atoms with Crippen molar-refractivity contribution in [3.05, 3.63) is 33.4 Å². The molecule has 0 bridgehead atoms. The summed E-state index contributed by atoms with van der Waals surface area (Å²) in [4.78, 5) is 11.3. The van der Waals surface area contributed by atoms with E-state index in [0.717, 1.165) is 19.3 Å². The summed E-state index contributed by atoms with van der Waals surface area (Å²) in [5.41, 5.74) is 6.65. The number of nitrogens with one attached hydrogen (secondary N) is 1. The van der Waals surface area contributed by atoms with E-state index in [9.17, 15) is 4.79 Å². The normalized spacial score (nSPS) is 9.67. The molecule has 1 aromatic carbocycles. The zero-order chi connectivity index (χ0) is 12.5. The summed E-state index contributed by atoms with van der Waals surface area (Å²) in [6.07, 6.45) is 3.63. The first-order chi connectivity index (χ1) is 8.22. The Balaban J connectivity index is 0.00000289. The zero-order valence-corrected chi connectivity index (χ0v) is 13.3. The van der Waals surface area contributed by atoms with Crippen LogP contribution >= 0.6 is 35.0 Å². The lowest BCUT2D eigenvalue weighted by Gasteiger charge is -2.04. The van der Waals surface area contributed by atoms with Crippen LogP contribution in [0.15, 0.2) is 24.3 Å². The molecule has 0 atom stereocenters. The molecule has 18 heavy (non-hydrogen) atoms. The van der Waals surface area contributed by atoms with E-state index in [2.05, 4.69) is 52.2 Å². The molecule has 0 saturated heterocycles. The summed E-state index contributed by atoms with van der Waals surface area (Å²) in [5, 5.41) is 2.77. The molecule has 102 valence electrons. The Morgan fingerprint density at radius 2 is 1.89 bits per heavy atom. The van der Waals surface area contributed by atoms with Crippen LogP contribution in [0.25, 0.3) is 0 Å². The maximum atomic E-state index is 11.3. The fraction of sp³-hybridized carbons (Fsp3) is 0.462. The third kappa shape index (κ3) is 7.89. The van der Waals surface area contributed by atoms with Crippen molar-refractivity contribution in [2.45, 2.75) is 25.7 Å². The van der Waals surface area contributed by atoms with Crippen LogP contribution in [0.5, 0.6) is 0 Å². The van der Waals surface area contributed by atoms with E-state index in [0.29, 0.717) is 19.5 Å². The smallest absolute Gasteiger partial charge is 0.220 e. The van der Waals surface area contributed by atoms with E-state index in [1.807, 2.05) is 0 Å². The lowest BCUT2D eigenvalue weighted by molar-refractivity contribution is -0.121. The van der Waals surface area contributed by atoms with Gasteiger partial charge in [0.15, 0.2) is 0 Å². The largest absolute Gasteiger partial charge is 0.355 e. The van der Waals surface area contributed by atoms with Crippen LogP contribution in [-0.2, 0) is 11.2 Å². The number of hydrogen-bond acceptors (Lipinski definition) is 2. The molecular formula is C13H20ClIN2O. The van der Waals surface area contributed by atoms with Crippen molar-refractivity contribution in [2.24, 2.45) is 5.73 Å². The van der Waals surface area contributed by atoms with Crippen LogP contribution < -0.4 is 11.1 Å². The van der Waals surface area contributed by atoms with Crippen LogP contribution in [0.2, 0.25) is 0 Å². The predicted octanol–water partition coefficient (Wildman–Crippen LogP) is 2.50. The fourth-order valence-corrected chi connectivity index (χ4v) is 1.93. The number of unbranched alkanes of at least 4 members (excludes halogenated alkanes) is 1. The van der Waals surface area contributed by atoms with Gasteiger partial charge < -0.3 is 11.1 Å². The molecule has 5 heteroatoms. The summed E-state index contributed by atoms with van der Waals surface area (Å²) in [6, 6.07) is 8.53. The molecule has 1 amide bonds. The summed E-state index contributed by atoms with van der Waals surface area (Å²) in [5.74, 6) is 0.109. The number of aryl methyl sites for hydroxylation is 1. The molecule has 0 unspecified atom stereocenters. The molecule has 0 saturated carbocycles. The monoisotopic (exact) mass is 382 g/mol. The highest BCUT2D eigenvalue weighted by molar-refractivity contribution is 14.1. The number of halogens is 2. The van der Waals surface area contributed by atoms with Crippen molar-refractivity contribution < 1.29 is 4.79 Å². The third-order valence-corrected chi connectivity index (χ3v) is 3.22. The van der Waals surface area contributed by atoms with Gasteiger partial charge in [-0.15, -0.1) is 12.4 Å². The predicted molar refractivity (Wildman–Crippen MR) is 86.0 cm³/mol. The van der Waals surface area contributed by atoms with Gasteiger partial charge >= 0.3 is 0 Å². The molecule has 0 aliphatic rings. The van der Waals surface area contributed by atoms with Crippen LogP contribution in [0.3, 0.4) is 0 Å². The van der Waals surface area contributed by atoms with Gasteiger partial charge in [-0.25, -0.2) is 0 Å². The number of nitrogens with two attached hydrogens (primary N) is 1. The van der Waals surface area contributed by atoms with Gasteiger partial charge in [0.1, 0.15) is 0 Å². The van der Waals surface area contributed by atoms with Crippen LogP contribution in [-0.4, -0.2) is 19.0 Å². The Morgan fingerprint density at radius 1 is 1.22 bits per heavy atom. The Hall–Kier alpha value is -0.330. The van der Waals surface area contributed by atoms with Crippen LogP contribution in [0.4, 0.5) is 0 Å². The number of rotatable bonds is 7. The summed E-state index contributed by atoms with van der Waals surface area (Å²) in [7, 11) is 0. The average molecular weight is 383 g/mol. The lowest BCUT2D eigenvalue weighted by Crippen LogP contribution is -2.28. The maximum Gasteiger partial charge on any atom is 0.220 e. The molecular weight excluding hydrogens is 363 g/mol. The van der Waals surface area contributed by atoms with Gasteiger partial charge in [-0.2, -0.15) is 0 Å². The Labute approximate surface area is 128 Å². The van der Waals surface area contributed by atoms with Gasteiger partial charge in [0.05, 0.1) is 0 Å². The minimum atomic E-state index is 0. The third-order valence-electron chi connectivity index (χ3n) is 2.50. The lowest BCUT2D eigenvalue weighted by atomic mass is 10.1. The van der Waals surface area contributed by atoms with Crippen LogP contribution in [0.1, 0.15) is 24.8 Å². The van der Waals surface area contributed by atoms with E-state index < -0.39 is 0 Å². The summed E-state index contributed by atoms with van der Waals surface area (Å²) in [6.45, 7) is 1.09. The molecule has 0 aliphatic heterocycles. The van der Waals surface area contributed by atoms with E-state index in [-0.39, 0.29) is 18.3 Å².